The number of nitrogens with zero attached hydrogens (tertiary/aromatic N) is 1. The minimum absolute atomic E-state index is 0.00568. The van der Waals surface area contributed by atoms with Crippen molar-refractivity contribution in [3.63, 3.8) is 0 Å². The Bertz CT molecular complexity index is 575. The van der Waals surface area contributed by atoms with Crippen LogP contribution in [0.2, 0.25) is 0 Å². The third-order valence-corrected chi connectivity index (χ3v) is 3.76. The van der Waals surface area contributed by atoms with Crippen LogP contribution in [-0.4, -0.2) is 10.9 Å². The Kier molecular flexibility index (Phi) is 4.74. The average molecular weight is 289 g/mol. The van der Waals surface area contributed by atoms with Crippen LogP contribution in [-0.2, 0) is 11.2 Å². The molecule has 1 amide bonds. The van der Waals surface area contributed by atoms with Gasteiger partial charge in [-0.25, -0.2) is 4.98 Å². The molecule has 1 aromatic carbocycles. The molecule has 106 valence electrons. The highest BCUT2D eigenvalue weighted by molar-refractivity contribution is 7.13. The van der Waals surface area contributed by atoms with E-state index in [0.29, 0.717) is 23.9 Å². The summed E-state index contributed by atoms with van der Waals surface area (Å²) < 4.78 is 0. The zero-order valence-corrected chi connectivity index (χ0v) is 12.5. The SMILES string of the molecule is CC(C)c1ccc(NC(=O)CCc2csc(N)n2)cc1. The number of aromatic nitrogens is 1. The first-order valence-electron chi connectivity index (χ1n) is 6.64. The normalized spacial score (nSPS) is 10.8. The standard InChI is InChI=1S/C15H19N3OS/c1-10(2)11-3-5-12(6-4-11)17-14(19)8-7-13-9-20-15(16)18-13/h3-6,9-10H,7-8H2,1-2H3,(H2,16,18)(H,17,19). The molecule has 0 atom stereocenters. The van der Waals surface area contributed by atoms with E-state index >= 15 is 0 Å². The van der Waals surface area contributed by atoms with Gasteiger partial charge < -0.3 is 11.1 Å². The van der Waals surface area contributed by atoms with E-state index in [4.69, 9.17) is 5.73 Å². The number of hydrogen-bond acceptors (Lipinski definition) is 4. The highest BCUT2D eigenvalue weighted by atomic mass is 32.1. The first kappa shape index (κ1) is 14.5. The summed E-state index contributed by atoms with van der Waals surface area (Å²) >= 11 is 1.40. The van der Waals surface area contributed by atoms with Gasteiger partial charge in [-0.15, -0.1) is 11.3 Å². The van der Waals surface area contributed by atoms with Gasteiger partial charge in [0.05, 0.1) is 5.69 Å². The Balaban J connectivity index is 1.84. The first-order chi connectivity index (χ1) is 9.54. The fraction of sp³-hybridized carbons (Fsp3) is 0.333. The van der Waals surface area contributed by atoms with Crippen LogP contribution in [0.5, 0.6) is 0 Å². The van der Waals surface area contributed by atoms with Gasteiger partial charge in [0, 0.05) is 17.5 Å². The molecule has 0 aliphatic rings. The Morgan fingerprint density at radius 3 is 2.60 bits per heavy atom. The topological polar surface area (TPSA) is 68.0 Å². The van der Waals surface area contributed by atoms with Crippen molar-refractivity contribution in [1.82, 2.24) is 4.98 Å². The molecule has 3 N–H and O–H groups in total. The number of nitrogens with one attached hydrogen (secondary N) is 1. The summed E-state index contributed by atoms with van der Waals surface area (Å²) in [6.45, 7) is 4.29. The van der Waals surface area contributed by atoms with Crippen molar-refractivity contribution >= 4 is 28.1 Å². The van der Waals surface area contributed by atoms with Crippen LogP contribution in [0.15, 0.2) is 29.6 Å². The molecule has 4 nitrogen and oxygen atoms in total. The second-order valence-electron chi connectivity index (χ2n) is 5.00. The van der Waals surface area contributed by atoms with E-state index in [-0.39, 0.29) is 5.91 Å². The molecule has 0 saturated carbocycles. The van der Waals surface area contributed by atoms with Gasteiger partial charge in [-0.05, 0) is 30.0 Å². The van der Waals surface area contributed by atoms with Gasteiger partial charge in [-0.2, -0.15) is 0 Å². The maximum absolute atomic E-state index is 11.8. The lowest BCUT2D eigenvalue weighted by atomic mass is 10.0. The van der Waals surface area contributed by atoms with Gasteiger partial charge in [0.1, 0.15) is 0 Å². The number of nitrogen functional groups attached to an aromatic ring is 1. The van der Waals surface area contributed by atoms with Crippen LogP contribution >= 0.6 is 11.3 Å². The van der Waals surface area contributed by atoms with Crippen LogP contribution in [0.25, 0.3) is 0 Å². The quantitative estimate of drug-likeness (QED) is 0.886. The number of amides is 1. The smallest absolute Gasteiger partial charge is 0.224 e. The maximum Gasteiger partial charge on any atom is 0.224 e. The molecule has 2 aromatic rings. The van der Waals surface area contributed by atoms with Crippen LogP contribution in [0.3, 0.4) is 0 Å². The van der Waals surface area contributed by atoms with Gasteiger partial charge in [-0.1, -0.05) is 26.0 Å². The van der Waals surface area contributed by atoms with Crippen molar-refractivity contribution < 1.29 is 4.79 Å². The molecular formula is C15H19N3OS. The Hall–Kier alpha value is -1.88. The first-order valence-corrected chi connectivity index (χ1v) is 7.52. The van der Waals surface area contributed by atoms with E-state index in [2.05, 4.69) is 24.1 Å². The number of carbonyl (C=O) groups is 1. The summed E-state index contributed by atoms with van der Waals surface area (Å²) in [4.78, 5) is 16.0. The molecule has 5 heteroatoms. The Morgan fingerprint density at radius 1 is 1.35 bits per heavy atom. The van der Waals surface area contributed by atoms with E-state index in [1.165, 1.54) is 16.9 Å². The summed E-state index contributed by atoms with van der Waals surface area (Å²) in [5, 5.41) is 5.33. The maximum atomic E-state index is 11.8. The minimum Gasteiger partial charge on any atom is -0.375 e. The van der Waals surface area contributed by atoms with E-state index in [1.807, 2.05) is 29.6 Å². The van der Waals surface area contributed by atoms with E-state index in [0.717, 1.165) is 11.4 Å². The summed E-state index contributed by atoms with van der Waals surface area (Å²) in [6.07, 6.45) is 1.03. The molecule has 0 aliphatic carbocycles. The number of rotatable bonds is 5. The summed E-state index contributed by atoms with van der Waals surface area (Å²) in [5.41, 5.74) is 8.52. The predicted molar refractivity (Wildman–Crippen MR) is 84.0 cm³/mol. The molecule has 1 heterocycles. The van der Waals surface area contributed by atoms with E-state index in [1.54, 1.807) is 0 Å². The largest absolute Gasteiger partial charge is 0.375 e. The van der Waals surface area contributed by atoms with Gasteiger partial charge in [-0.3, -0.25) is 4.79 Å². The molecule has 0 bridgehead atoms. The molecule has 0 aliphatic heterocycles. The molecule has 0 saturated heterocycles. The molecule has 0 fully saturated rings. The number of anilines is 2. The van der Waals surface area contributed by atoms with E-state index < -0.39 is 0 Å². The molecule has 1 aromatic heterocycles. The third kappa shape index (κ3) is 4.06. The Labute approximate surface area is 123 Å². The number of nitrogens with two attached hydrogens (primary N) is 1. The van der Waals surface area contributed by atoms with Crippen molar-refractivity contribution in [3.05, 3.63) is 40.9 Å². The lowest BCUT2D eigenvalue weighted by Crippen LogP contribution is -2.12. The number of thiazole rings is 1. The van der Waals surface area contributed by atoms with Crippen LogP contribution in [0, 0.1) is 0 Å². The Morgan fingerprint density at radius 2 is 2.05 bits per heavy atom. The molecule has 20 heavy (non-hydrogen) atoms. The summed E-state index contributed by atoms with van der Waals surface area (Å²) in [7, 11) is 0. The van der Waals surface area contributed by atoms with Gasteiger partial charge in [0.2, 0.25) is 5.91 Å². The number of benzene rings is 1. The molecular weight excluding hydrogens is 270 g/mol. The lowest BCUT2D eigenvalue weighted by Gasteiger charge is -2.08. The second kappa shape index (κ2) is 6.52. The summed E-state index contributed by atoms with van der Waals surface area (Å²) in [5.74, 6) is 0.490. The van der Waals surface area contributed by atoms with E-state index in [9.17, 15) is 4.79 Å². The fourth-order valence-corrected chi connectivity index (χ4v) is 2.45. The third-order valence-electron chi connectivity index (χ3n) is 3.04. The van der Waals surface area contributed by atoms with Crippen molar-refractivity contribution in [2.24, 2.45) is 0 Å². The van der Waals surface area contributed by atoms with Crippen molar-refractivity contribution in [2.75, 3.05) is 11.1 Å². The summed E-state index contributed by atoms with van der Waals surface area (Å²) in [6, 6.07) is 7.96. The highest BCUT2D eigenvalue weighted by Gasteiger charge is 2.06. The molecule has 2 rings (SSSR count). The zero-order valence-electron chi connectivity index (χ0n) is 11.7. The minimum atomic E-state index is -0.00568. The predicted octanol–water partition coefficient (Wildman–Crippen LogP) is 3.42. The second-order valence-corrected chi connectivity index (χ2v) is 5.89. The molecule has 0 unspecified atom stereocenters. The van der Waals surface area contributed by atoms with Crippen LogP contribution in [0.1, 0.15) is 37.4 Å². The van der Waals surface area contributed by atoms with Crippen LogP contribution in [0.4, 0.5) is 10.8 Å². The van der Waals surface area contributed by atoms with Crippen molar-refractivity contribution in [2.45, 2.75) is 32.6 Å². The van der Waals surface area contributed by atoms with Crippen molar-refractivity contribution in [1.29, 1.82) is 0 Å². The number of hydrogen-bond donors (Lipinski definition) is 2. The number of carbonyl (C=O) groups excluding carboxylic acids is 1. The highest BCUT2D eigenvalue weighted by Crippen LogP contribution is 2.17. The zero-order chi connectivity index (χ0) is 14.5. The average Bonchev–Trinajstić information content (AvgIpc) is 2.83. The molecule has 0 radical (unpaired) electrons. The van der Waals surface area contributed by atoms with Gasteiger partial charge in [0.15, 0.2) is 5.13 Å². The van der Waals surface area contributed by atoms with Crippen molar-refractivity contribution in [3.8, 4) is 0 Å². The molecule has 0 spiro atoms. The monoisotopic (exact) mass is 289 g/mol. The lowest BCUT2D eigenvalue weighted by molar-refractivity contribution is -0.116. The number of aryl methyl sites for hydroxylation is 1. The van der Waals surface area contributed by atoms with Gasteiger partial charge in [0.25, 0.3) is 0 Å². The van der Waals surface area contributed by atoms with Crippen LogP contribution < -0.4 is 11.1 Å². The fourth-order valence-electron chi connectivity index (χ4n) is 1.85. The van der Waals surface area contributed by atoms with Gasteiger partial charge >= 0.3 is 0 Å².